The molecular formula is C24H24N2O4S. The number of ether oxygens (including phenoxy) is 1. The van der Waals surface area contributed by atoms with Gasteiger partial charge in [-0.2, -0.15) is 8.42 Å². The lowest BCUT2D eigenvalue weighted by Gasteiger charge is -2.19. The lowest BCUT2D eigenvalue weighted by Crippen LogP contribution is -2.33. The molecular weight excluding hydrogens is 412 g/mol. The van der Waals surface area contributed by atoms with Crippen molar-refractivity contribution in [2.24, 2.45) is 0 Å². The number of nitrogens with zero attached hydrogens (tertiary/aromatic N) is 1. The maximum Gasteiger partial charge on any atom is 0.326 e. The summed E-state index contributed by atoms with van der Waals surface area (Å²) in [7, 11) is -3.85. The molecule has 3 aromatic rings. The number of nitrogens with one attached hydrogen (secondary N) is 1. The van der Waals surface area contributed by atoms with Crippen LogP contribution in [0.2, 0.25) is 0 Å². The molecule has 0 saturated carbocycles. The van der Waals surface area contributed by atoms with E-state index in [2.05, 4.69) is 44.2 Å². The first-order valence-corrected chi connectivity index (χ1v) is 11.4. The highest BCUT2D eigenvalue weighted by Gasteiger charge is 2.40. The SMILES string of the molecule is Cc1cccc(C)c1-c1cccc(COc2ccc(N3C(C)C(=O)NS3(=O)=O)cc2)c1. The normalized spacial score (nSPS) is 17.5. The highest BCUT2D eigenvalue weighted by atomic mass is 32.2. The molecule has 0 radical (unpaired) electrons. The first kappa shape index (κ1) is 20.9. The van der Waals surface area contributed by atoms with Crippen molar-refractivity contribution in [2.45, 2.75) is 33.4 Å². The van der Waals surface area contributed by atoms with E-state index >= 15 is 0 Å². The van der Waals surface area contributed by atoms with Crippen LogP contribution in [-0.4, -0.2) is 20.4 Å². The Hall–Kier alpha value is -3.32. The van der Waals surface area contributed by atoms with E-state index in [0.717, 1.165) is 15.4 Å². The highest BCUT2D eigenvalue weighted by Crippen LogP contribution is 2.29. The number of hydrogen-bond acceptors (Lipinski definition) is 4. The summed E-state index contributed by atoms with van der Waals surface area (Å²) >= 11 is 0. The fourth-order valence-corrected chi connectivity index (χ4v) is 5.32. The van der Waals surface area contributed by atoms with Gasteiger partial charge in [0.15, 0.2) is 0 Å². The van der Waals surface area contributed by atoms with Crippen LogP contribution in [0.3, 0.4) is 0 Å². The van der Waals surface area contributed by atoms with E-state index in [1.165, 1.54) is 16.7 Å². The molecule has 3 aromatic carbocycles. The number of benzene rings is 3. The Morgan fingerprint density at radius 1 is 0.968 bits per heavy atom. The fourth-order valence-electron chi connectivity index (χ4n) is 3.88. The van der Waals surface area contributed by atoms with Crippen LogP contribution >= 0.6 is 0 Å². The minimum Gasteiger partial charge on any atom is -0.489 e. The third kappa shape index (κ3) is 4.14. The van der Waals surface area contributed by atoms with Crippen LogP contribution in [0.25, 0.3) is 11.1 Å². The maximum absolute atomic E-state index is 12.1. The molecule has 31 heavy (non-hydrogen) atoms. The minimum atomic E-state index is -3.85. The van der Waals surface area contributed by atoms with Crippen molar-refractivity contribution in [1.82, 2.24) is 4.72 Å². The topological polar surface area (TPSA) is 75.7 Å². The van der Waals surface area contributed by atoms with Crippen molar-refractivity contribution in [3.05, 3.63) is 83.4 Å². The van der Waals surface area contributed by atoms with Crippen molar-refractivity contribution in [2.75, 3.05) is 4.31 Å². The van der Waals surface area contributed by atoms with Crippen LogP contribution in [0.5, 0.6) is 5.75 Å². The summed E-state index contributed by atoms with van der Waals surface area (Å²) < 4.78 is 33.3. The lowest BCUT2D eigenvalue weighted by molar-refractivity contribution is -0.119. The van der Waals surface area contributed by atoms with E-state index in [0.29, 0.717) is 18.0 Å². The van der Waals surface area contributed by atoms with Gasteiger partial charge in [0, 0.05) is 0 Å². The molecule has 0 spiro atoms. The van der Waals surface area contributed by atoms with Crippen molar-refractivity contribution in [1.29, 1.82) is 0 Å². The molecule has 1 saturated heterocycles. The van der Waals surface area contributed by atoms with E-state index in [1.807, 2.05) is 16.9 Å². The Morgan fingerprint density at radius 3 is 2.23 bits per heavy atom. The summed E-state index contributed by atoms with van der Waals surface area (Å²) in [5.41, 5.74) is 6.29. The van der Waals surface area contributed by atoms with E-state index in [9.17, 15) is 13.2 Å². The molecule has 1 amide bonds. The summed E-state index contributed by atoms with van der Waals surface area (Å²) in [6, 6.07) is 20.4. The maximum atomic E-state index is 12.1. The second kappa shape index (κ2) is 8.07. The molecule has 1 N–H and O–H groups in total. The minimum absolute atomic E-state index is 0.385. The van der Waals surface area contributed by atoms with E-state index in [1.54, 1.807) is 31.2 Å². The number of aryl methyl sites for hydroxylation is 2. The average molecular weight is 437 g/mol. The van der Waals surface area contributed by atoms with Gasteiger partial charge in [-0.3, -0.25) is 4.79 Å². The monoisotopic (exact) mass is 436 g/mol. The molecule has 1 fully saturated rings. The summed E-state index contributed by atoms with van der Waals surface area (Å²) in [5.74, 6) is 0.0776. The third-order valence-electron chi connectivity index (χ3n) is 5.41. The zero-order chi connectivity index (χ0) is 22.2. The van der Waals surface area contributed by atoms with Gasteiger partial charge in [-0.25, -0.2) is 9.03 Å². The standard InChI is InChI=1S/C24H24N2O4S/c1-16-6-4-7-17(2)23(16)20-9-5-8-19(14-20)15-30-22-12-10-21(11-13-22)26-18(3)24(27)25-31(26,28)29/h4-14,18H,15H2,1-3H3,(H,25,27). The first-order chi connectivity index (χ1) is 14.8. The second-order valence-corrected chi connectivity index (χ2v) is 9.24. The molecule has 1 atom stereocenters. The Bertz CT molecular complexity index is 1220. The van der Waals surface area contributed by atoms with Gasteiger partial charge in [-0.15, -0.1) is 0 Å². The number of carbonyl (C=O) groups excluding carboxylic acids is 1. The number of hydrogen-bond donors (Lipinski definition) is 1. The predicted octanol–water partition coefficient (Wildman–Crippen LogP) is 4.12. The van der Waals surface area contributed by atoms with Crippen molar-refractivity contribution in [3.63, 3.8) is 0 Å². The highest BCUT2D eigenvalue weighted by molar-refractivity contribution is 7.92. The fraction of sp³-hybridized carbons (Fsp3) is 0.208. The molecule has 1 heterocycles. The van der Waals surface area contributed by atoms with Crippen LogP contribution in [0, 0.1) is 13.8 Å². The predicted molar refractivity (Wildman–Crippen MR) is 121 cm³/mol. The Morgan fingerprint density at radius 2 is 1.61 bits per heavy atom. The molecule has 1 unspecified atom stereocenters. The molecule has 4 rings (SSSR count). The number of rotatable bonds is 5. The lowest BCUT2D eigenvalue weighted by atomic mass is 9.95. The second-order valence-electron chi connectivity index (χ2n) is 7.69. The van der Waals surface area contributed by atoms with Crippen molar-refractivity contribution in [3.8, 4) is 16.9 Å². The molecule has 1 aliphatic heterocycles. The van der Waals surface area contributed by atoms with Gasteiger partial charge in [0.05, 0.1) is 5.69 Å². The largest absolute Gasteiger partial charge is 0.489 e. The molecule has 0 aromatic heterocycles. The zero-order valence-corrected chi connectivity index (χ0v) is 18.4. The van der Waals surface area contributed by atoms with Crippen LogP contribution in [0.4, 0.5) is 5.69 Å². The van der Waals surface area contributed by atoms with Crippen LogP contribution in [-0.2, 0) is 21.6 Å². The van der Waals surface area contributed by atoms with Gasteiger partial charge in [-0.05, 0) is 78.9 Å². The summed E-state index contributed by atoms with van der Waals surface area (Å²) in [5, 5.41) is 0. The van der Waals surface area contributed by atoms with E-state index in [4.69, 9.17) is 4.74 Å². The molecule has 0 aliphatic carbocycles. The third-order valence-corrected chi connectivity index (χ3v) is 6.92. The van der Waals surface area contributed by atoms with Gasteiger partial charge >= 0.3 is 10.2 Å². The van der Waals surface area contributed by atoms with Crippen molar-refractivity contribution < 1.29 is 17.9 Å². The van der Waals surface area contributed by atoms with Gasteiger partial charge in [0.25, 0.3) is 5.91 Å². The van der Waals surface area contributed by atoms with Crippen LogP contribution in [0.1, 0.15) is 23.6 Å². The van der Waals surface area contributed by atoms with Crippen LogP contribution in [0.15, 0.2) is 66.7 Å². The first-order valence-electron chi connectivity index (χ1n) is 10.0. The smallest absolute Gasteiger partial charge is 0.326 e. The molecule has 6 nitrogen and oxygen atoms in total. The van der Waals surface area contributed by atoms with E-state index in [-0.39, 0.29) is 0 Å². The average Bonchev–Trinajstić information content (AvgIpc) is 2.94. The Balaban J connectivity index is 1.49. The summed E-state index contributed by atoms with van der Waals surface area (Å²) in [6.45, 7) is 6.15. The quantitative estimate of drug-likeness (QED) is 0.653. The van der Waals surface area contributed by atoms with Gasteiger partial charge in [0.1, 0.15) is 18.4 Å². The molecule has 7 heteroatoms. The van der Waals surface area contributed by atoms with Gasteiger partial charge in [0.2, 0.25) is 0 Å². The van der Waals surface area contributed by atoms with E-state index < -0.39 is 22.2 Å². The zero-order valence-electron chi connectivity index (χ0n) is 17.6. The summed E-state index contributed by atoms with van der Waals surface area (Å²) in [6.07, 6.45) is 0. The number of anilines is 1. The van der Waals surface area contributed by atoms with Gasteiger partial charge < -0.3 is 4.74 Å². The van der Waals surface area contributed by atoms with Gasteiger partial charge in [-0.1, -0.05) is 36.4 Å². The molecule has 0 bridgehead atoms. The number of amides is 1. The molecule has 160 valence electrons. The molecule has 1 aliphatic rings. The van der Waals surface area contributed by atoms with Crippen molar-refractivity contribution >= 4 is 21.8 Å². The Labute approximate surface area is 182 Å². The van der Waals surface area contributed by atoms with Crippen LogP contribution < -0.4 is 13.8 Å². The Kier molecular flexibility index (Phi) is 5.45. The number of carbonyl (C=O) groups is 1. The summed E-state index contributed by atoms with van der Waals surface area (Å²) in [4.78, 5) is 11.7.